The third-order valence-electron chi connectivity index (χ3n) is 5.33. The summed E-state index contributed by atoms with van der Waals surface area (Å²) in [6, 6.07) is 10.1. The maximum atomic E-state index is 13.4. The minimum Gasteiger partial charge on any atom is -0.493 e. The van der Waals surface area contributed by atoms with Crippen LogP contribution in [0.2, 0.25) is 0 Å². The van der Waals surface area contributed by atoms with Crippen LogP contribution < -0.4 is 9.47 Å². The molecule has 29 heavy (non-hydrogen) atoms. The summed E-state index contributed by atoms with van der Waals surface area (Å²) >= 11 is 0. The topological polar surface area (TPSA) is 73.2 Å². The molecule has 2 aromatic carbocycles. The van der Waals surface area contributed by atoms with E-state index in [0.717, 1.165) is 39.2 Å². The van der Waals surface area contributed by atoms with E-state index >= 15 is 0 Å². The molecule has 0 spiro atoms. The Labute approximate surface area is 166 Å². The molecule has 1 aliphatic carbocycles. The molecule has 0 saturated heterocycles. The van der Waals surface area contributed by atoms with Crippen LogP contribution in [0.15, 0.2) is 40.9 Å². The molecule has 0 saturated carbocycles. The molecule has 6 nitrogen and oxygen atoms in total. The third-order valence-corrected chi connectivity index (χ3v) is 5.33. The second-order valence-corrected chi connectivity index (χ2v) is 6.94. The van der Waals surface area contributed by atoms with Crippen molar-refractivity contribution in [3.63, 3.8) is 0 Å². The lowest BCUT2D eigenvalue weighted by Crippen LogP contribution is -1.94. The minimum absolute atomic E-state index is 0.295. The zero-order valence-corrected chi connectivity index (χ0v) is 16.2. The number of H-pyrrole nitrogens is 1. The fourth-order valence-corrected chi connectivity index (χ4v) is 3.92. The number of nitrogens with zero attached hydrogens (tertiary/aromatic N) is 2. The molecule has 4 aromatic rings. The summed E-state index contributed by atoms with van der Waals surface area (Å²) in [5, 5.41) is 11.9. The van der Waals surface area contributed by atoms with Crippen molar-refractivity contribution in [1.82, 2.24) is 15.4 Å². The number of rotatable bonds is 4. The van der Waals surface area contributed by atoms with Crippen LogP contribution in [0.1, 0.15) is 16.9 Å². The molecule has 0 unspecified atom stereocenters. The van der Waals surface area contributed by atoms with Gasteiger partial charge in [-0.2, -0.15) is 5.10 Å². The summed E-state index contributed by atoms with van der Waals surface area (Å²) in [7, 11) is 3.24. The molecular weight excluding hydrogens is 373 g/mol. The van der Waals surface area contributed by atoms with Gasteiger partial charge in [-0.25, -0.2) is 4.39 Å². The number of benzene rings is 2. The van der Waals surface area contributed by atoms with Crippen LogP contribution in [0.3, 0.4) is 0 Å². The van der Waals surface area contributed by atoms with Crippen molar-refractivity contribution in [2.75, 3.05) is 14.2 Å². The SMILES string of the molecule is COc1cc2c(cc1OC)-c1n[nH]c(-c3c(-c4ccc(F)cc4)noc3C)c1C2. The second kappa shape index (κ2) is 6.48. The first-order valence-electron chi connectivity index (χ1n) is 9.15. The monoisotopic (exact) mass is 391 g/mol. The number of ether oxygens (including phenoxy) is 2. The summed E-state index contributed by atoms with van der Waals surface area (Å²) in [5.41, 5.74) is 7.18. The maximum absolute atomic E-state index is 13.4. The van der Waals surface area contributed by atoms with Gasteiger partial charge in [-0.1, -0.05) is 5.16 Å². The van der Waals surface area contributed by atoms with E-state index in [1.807, 2.05) is 19.1 Å². The summed E-state index contributed by atoms with van der Waals surface area (Å²) in [6.07, 6.45) is 0.699. The number of aromatic amines is 1. The van der Waals surface area contributed by atoms with Gasteiger partial charge in [0.15, 0.2) is 11.5 Å². The minimum atomic E-state index is -0.295. The van der Waals surface area contributed by atoms with Crippen molar-refractivity contribution in [3.8, 4) is 45.3 Å². The summed E-state index contributed by atoms with van der Waals surface area (Å²) in [4.78, 5) is 0. The Hall–Kier alpha value is -3.61. The highest BCUT2D eigenvalue weighted by atomic mass is 19.1. The molecule has 0 amide bonds. The van der Waals surface area contributed by atoms with E-state index in [1.165, 1.54) is 12.1 Å². The van der Waals surface area contributed by atoms with Gasteiger partial charge < -0.3 is 14.0 Å². The Morgan fingerprint density at radius 2 is 1.76 bits per heavy atom. The maximum Gasteiger partial charge on any atom is 0.161 e. The average Bonchev–Trinajstić information content (AvgIpc) is 3.40. The number of nitrogens with one attached hydrogen (secondary N) is 1. The van der Waals surface area contributed by atoms with Crippen molar-refractivity contribution >= 4 is 0 Å². The molecule has 1 N–H and O–H groups in total. The highest BCUT2D eigenvalue weighted by molar-refractivity contribution is 5.88. The zero-order chi connectivity index (χ0) is 20.1. The smallest absolute Gasteiger partial charge is 0.161 e. The van der Waals surface area contributed by atoms with Gasteiger partial charge >= 0.3 is 0 Å². The largest absolute Gasteiger partial charge is 0.493 e. The molecule has 0 fully saturated rings. The first-order valence-corrected chi connectivity index (χ1v) is 9.15. The number of hydrogen-bond acceptors (Lipinski definition) is 5. The van der Waals surface area contributed by atoms with Crippen LogP contribution in [0, 0.1) is 12.7 Å². The van der Waals surface area contributed by atoms with Gasteiger partial charge in [0.1, 0.15) is 17.3 Å². The van der Waals surface area contributed by atoms with Crippen molar-refractivity contribution in [2.45, 2.75) is 13.3 Å². The molecular formula is C22H18FN3O3. The number of aryl methyl sites for hydroxylation is 1. The normalized spacial score (nSPS) is 12.0. The van der Waals surface area contributed by atoms with Crippen LogP contribution in [0.5, 0.6) is 11.5 Å². The highest BCUT2D eigenvalue weighted by Crippen LogP contribution is 2.46. The van der Waals surface area contributed by atoms with Gasteiger partial charge in [-0.3, -0.25) is 5.10 Å². The van der Waals surface area contributed by atoms with Gasteiger partial charge in [0.25, 0.3) is 0 Å². The van der Waals surface area contributed by atoms with Crippen LogP contribution >= 0.6 is 0 Å². The Morgan fingerprint density at radius 3 is 2.48 bits per heavy atom. The molecule has 0 radical (unpaired) electrons. The van der Waals surface area contributed by atoms with Gasteiger partial charge in [0, 0.05) is 23.1 Å². The number of methoxy groups -OCH3 is 2. The molecule has 5 rings (SSSR count). The quantitative estimate of drug-likeness (QED) is 0.478. The Balaban J connectivity index is 1.64. The van der Waals surface area contributed by atoms with E-state index in [0.29, 0.717) is 29.4 Å². The number of hydrogen-bond donors (Lipinski definition) is 1. The van der Waals surface area contributed by atoms with Crippen LogP contribution in [-0.4, -0.2) is 29.6 Å². The van der Waals surface area contributed by atoms with Crippen molar-refractivity contribution < 1.29 is 18.4 Å². The van der Waals surface area contributed by atoms with Crippen molar-refractivity contribution in [3.05, 3.63) is 59.1 Å². The summed E-state index contributed by atoms with van der Waals surface area (Å²) in [6.45, 7) is 1.86. The lowest BCUT2D eigenvalue weighted by molar-refractivity contribution is 0.355. The van der Waals surface area contributed by atoms with Gasteiger partial charge in [-0.05, 0) is 48.9 Å². The van der Waals surface area contributed by atoms with E-state index in [2.05, 4.69) is 15.4 Å². The van der Waals surface area contributed by atoms with E-state index in [-0.39, 0.29) is 5.82 Å². The lowest BCUT2D eigenvalue weighted by atomic mass is 10.00. The molecule has 2 heterocycles. The average molecular weight is 391 g/mol. The standard InChI is InChI=1S/C22H18FN3O3/c1-11-19(20(26-29-11)12-4-6-14(23)7-5-12)22-16-8-13-9-17(27-2)18(28-3)10-15(13)21(16)24-25-22/h4-7,9-10H,8H2,1-3H3,(H,24,25). The number of aromatic nitrogens is 3. The van der Waals surface area contributed by atoms with Crippen LogP contribution in [-0.2, 0) is 6.42 Å². The Kier molecular flexibility index (Phi) is 3.91. The van der Waals surface area contributed by atoms with Gasteiger partial charge in [0.05, 0.1) is 31.2 Å². The van der Waals surface area contributed by atoms with E-state index in [9.17, 15) is 4.39 Å². The molecule has 2 aromatic heterocycles. The summed E-state index contributed by atoms with van der Waals surface area (Å²) in [5.74, 6) is 1.73. The molecule has 0 bridgehead atoms. The number of fused-ring (bicyclic) bond motifs is 3. The first-order chi connectivity index (χ1) is 14.1. The van der Waals surface area contributed by atoms with E-state index in [1.54, 1.807) is 26.4 Å². The van der Waals surface area contributed by atoms with Gasteiger partial charge in [-0.15, -0.1) is 0 Å². The molecule has 0 aliphatic heterocycles. The van der Waals surface area contributed by atoms with Crippen molar-refractivity contribution in [1.29, 1.82) is 0 Å². The lowest BCUT2D eigenvalue weighted by Gasteiger charge is -2.10. The Bertz CT molecular complexity index is 1230. The zero-order valence-electron chi connectivity index (χ0n) is 16.2. The summed E-state index contributed by atoms with van der Waals surface area (Å²) < 4.78 is 29.7. The first kappa shape index (κ1) is 17.5. The highest BCUT2D eigenvalue weighted by Gasteiger charge is 2.30. The second-order valence-electron chi connectivity index (χ2n) is 6.94. The van der Waals surface area contributed by atoms with Crippen LogP contribution in [0.4, 0.5) is 4.39 Å². The molecule has 1 aliphatic rings. The molecule has 146 valence electrons. The number of halogens is 1. The molecule has 7 heteroatoms. The van der Waals surface area contributed by atoms with E-state index in [4.69, 9.17) is 14.0 Å². The van der Waals surface area contributed by atoms with Gasteiger partial charge in [0.2, 0.25) is 0 Å². The Morgan fingerprint density at radius 1 is 1.03 bits per heavy atom. The third kappa shape index (κ3) is 2.61. The molecule has 0 atom stereocenters. The fraction of sp³-hybridized carbons (Fsp3) is 0.182. The fourth-order valence-electron chi connectivity index (χ4n) is 3.92. The van der Waals surface area contributed by atoms with E-state index < -0.39 is 0 Å². The van der Waals surface area contributed by atoms with Crippen LogP contribution in [0.25, 0.3) is 33.8 Å². The van der Waals surface area contributed by atoms with Crippen molar-refractivity contribution in [2.24, 2.45) is 0 Å². The predicted molar refractivity (Wildman–Crippen MR) is 106 cm³/mol. The predicted octanol–water partition coefficient (Wildman–Crippen LogP) is 4.77.